The molecule has 14 heavy (non-hydrogen) atoms. The molecular formula is C9H17F3N2. The zero-order chi connectivity index (χ0) is 10.7. The average Bonchev–Trinajstić information content (AvgIpc) is 2.84. The lowest BCUT2D eigenvalue weighted by atomic mass is 10.2. The van der Waals surface area contributed by atoms with E-state index in [9.17, 15) is 13.2 Å². The number of hydrogen-bond donors (Lipinski definition) is 2. The highest BCUT2D eigenvalue weighted by molar-refractivity contribution is 5.07. The maximum absolute atomic E-state index is 12.4. The topological polar surface area (TPSA) is 24.1 Å². The summed E-state index contributed by atoms with van der Waals surface area (Å²) in [5, 5.41) is 5.64. The fourth-order valence-corrected chi connectivity index (χ4v) is 1.38. The number of rotatable bonds is 6. The van der Waals surface area contributed by atoms with Crippen molar-refractivity contribution in [3.8, 4) is 0 Å². The molecule has 0 aliphatic heterocycles. The monoisotopic (exact) mass is 210 g/mol. The Hall–Kier alpha value is -0.290. The molecule has 0 aromatic carbocycles. The van der Waals surface area contributed by atoms with Gasteiger partial charge in [0.1, 0.15) is 5.54 Å². The smallest absolute Gasteiger partial charge is 0.315 e. The van der Waals surface area contributed by atoms with Crippen LogP contribution >= 0.6 is 0 Å². The van der Waals surface area contributed by atoms with Crippen LogP contribution in [0.3, 0.4) is 0 Å². The standard InChI is InChI=1S/C9H17F3N2/c1-2-5-13-6-7-14-8(3-4-8)9(10,11)12/h13-14H,2-7H2,1H3. The maximum Gasteiger partial charge on any atom is 0.406 e. The molecule has 0 saturated heterocycles. The van der Waals surface area contributed by atoms with E-state index in [0.717, 1.165) is 13.0 Å². The van der Waals surface area contributed by atoms with E-state index in [1.54, 1.807) is 0 Å². The second kappa shape index (κ2) is 4.49. The molecule has 2 N–H and O–H groups in total. The summed E-state index contributed by atoms with van der Waals surface area (Å²) < 4.78 is 37.2. The highest BCUT2D eigenvalue weighted by atomic mass is 19.4. The van der Waals surface area contributed by atoms with Crippen LogP contribution in [0.5, 0.6) is 0 Å². The van der Waals surface area contributed by atoms with E-state index >= 15 is 0 Å². The zero-order valence-corrected chi connectivity index (χ0v) is 8.38. The van der Waals surface area contributed by atoms with Crippen LogP contribution in [0.2, 0.25) is 0 Å². The van der Waals surface area contributed by atoms with Crippen LogP contribution in [0, 0.1) is 0 Å². The first kappa shape index (κ1) is 11.8. The van der Waals surface area contributed by atoms with E-state index in [4.69, 9.17) is 0 Å². The van der Waals surface area contributed by atoms with Gasteiger partial charge in [0.05, 0.1) is 0 Å². The molecule has 1 aliphatic carbocycles. The molecule has 0 atom stereocenters. The largest absolute Gasteiger partial charge is 0.406 e. The summed E-state index contributed by atoms with van der Waals surface area (Å²) in [6.45, 7) is 3.88. The summed E-state index contributed by atoms with van der Waals surface area (Å²) in [4.78, 5) is 0. The Morgan fingerprint density at radius 2 is 1.79 bits per heavy atom. The minimum atomic E-state index is -4.09. The van der Waals surface area contributed by atoms with Gasteiger partial charge in [-0.1, -0.05) is 6.92 Å². The molecule has 5 heteroatoms. The van der Waals surface area contributed by atoms with Gasteiger partial charge in [-0.2, -0.15) is 13.2 Å². The minimum Gasteiger partial charge on any atom is -0.315 e. The summed E-state index contributed by atoms with van der Waals surface area (Å²) in [7, 11) is 0. The minimum absolute atomic E-state index is 0.226. The van der Waals surface area contributed by atoms with Crippen LogP contribution < -0.4 is 10.6 Å². The van der Waals surface area contributed by atoms with Crippen molar-refractivity contribution in [1.82, 2.24) is 10.6 Å². The molecule has 0 spiro atoms. The van der Waals surface area contributed by atoms with Gasteiger partial charge in [-0.15, -0.1) is 0 Å². The molecule has 0 aromatic rings. The van der Waals surface area contributed by atoms with Gasteiger partial charge in [0.25, 0.3) is 0 Å². The molecule has 1 aliphatic rings. The number of nitrogens with one attached hydrogen (secondary N) is 2. The van der Waals surface area contributed by atoms with Gasteiger partial charge >= 0.3 is 6.18 Å². The Labute approximate surface area is 82.2 Å². The fraction of sp³-hybridized carbons (Fsp3) is 1.00. The van der Waals surface area contributed by atoms with Crippen molar-refractivity contribution in [2.75, 3.05) is 19.6 Å². The van der Waals surface area contributed by atoms with E-state index in [1.807, 2.05) is 6.92 Å². The number of alkyl halides is 3. The van der Waals surface area contributed by atoms with Gasteiger partial charge in [0.2, 0.25) is 0 Å². The molecule has 0 unspecified atom stereocenters. The Morgan fingerprint density at radius 1 is 1.14 bits per heavy atom. The summed E-state index contributed by atoms with van der Waals surface area (Å²) in [5.41, 5.74) is -1.55. The molecule has 1 rings (SSSR count). The Morgan fingerprint density at radius 3 is 2.21 bits per heavy atom. The van der Waals surface area contributed by atoms with Gasteiger partial charge in [0, 0.05) is 13.1 Å². The predicted octanol–water partition coefficient (Wildman–Crippen LogP) is 1.67. The molecule has 0 radical (unpaired) electrons. The van der Waals surface area contributed by atoms with E-state index in [-0.39, 0.29) is 12.8 Å². The molecule has 84 valence electrons. The molecule has 0 heterocycles. The third kappa shape index (κ3) is 2.85. The van der Waals surface area contributed by atoms with Crippen molar-refractivity contribution in [3.05, 3.63) is 0 Å². The Kier molecular flexibility index (Phi) is 3.78. The molecule has 1 saturated carbocycles. The second-order valence-electron chi connectivity index (χ2n) is 3.76. The van der Waals surface area contributed by atoms with Crippen LogP contribution in [0.25, 0.3) is 0 Å². The summed E-state index contributed by atoms with van der Waals surface area (Å²) in [6.07, 6.45) is -2.63. The summed E-state index contributed by atoms with van der Waals surface area (Å²) in [5.74, 6) is 0. The molecule has 0 amide bonds. The van der Waals surface area contributed by atoms with Crippen LogP contribution in [-0.4, -0.2) is 31.3 Å². The van der Waals surface area contributed by atoms with Crippen molar-refractivity contribution in [3.63, 3.8) is 0 Å². The first-order valence-corrected chi connectivity index (χ1v) is 5.04. The van der Waals surface area contributed by atoms with Crippen LogP contribution in [0.15, 0.2) is 0 Å². The molecular weight excluding hydrogens is 193 g/mol. The number of halogens is 3. The first-order chi connectivity index (χ1) is 6.52. The third-order valence-corrected chi connectivity index (χ3v) is 2.48. The summed E-state index contributed by atoms with van der Waals surface area (Å²) >= 11 is 0. The SMILES string of the molecule is CCCNCCNC1(C(F)(F)F)CC1. The normalized spacial score (nSPS) is 19.7. The third-order valence-electron chi connectivity index (χ3n) is 2.48. The Balaban J connectivity index is 2.12. The Bertz CT molecular complexity index is 175. The van der Waals surface area contributed by atoms with Gasteiger partial charge in [0.15, 0.2) is 0 Å². The van der Waals surface area contributed by atoms with Gasteiger partial charge in [-0.25, -0.2) is 0 Å². The van der Waals surface area contributed by atoms with Crippen molar-refractivity contribution >= 4 is 0 Å². The van der Waals surface area contributed by atoms with Gasteiger partial charge in [-0.05, 0) is 25.8 Å². The van der Waals surface area contributed by atoms with Crippen LogP contribution in [-0.2, 0) is 0 Å². The van der Waals surface area contributed by atoms with Crippen molar-refractivity contribution in [2.45, 2.75) is 37.9 Å². The van der Waals surface area contributed by atoms with Crippen molar-refractivity contribution in [1.29, 1.82) is 0 Å². The van der Waals surface area contributed by atoms with Crippen LogP contribution in [0.1, 0.15) is 26.2 Å². The highest BCUT2D eigenvalue weighted by Gasteiger charge is 2.62. The highest BCUT2D eigenvalue weighted by Crippen LogP contribution is 2.48. The van der Waals surface area contributed by atoms with Crippen molar-refractivity contribution in [2.24, 2.45) is 0 Å². The maximum atomic E-state index is 12.4. The fourth-order valence-electron chi connectivity index (χ4n) is 1.38. The van der Waals surface area contributed by atoms with Gasteiger partial charge in [-0.3, -0.25) is 0 Å². The number of hydrogen-bond acceptors (Lipinski definition) is 2. The molecule has 0 bridgehead atoms. The lowest BCUT2D eigenvalue weighted by Crippen LogP contribution is -2.47. The lowest BCUT2D eigenvalue weighted by Gasteiger charge is -2.20. The molecule has 1 fully saturated rings. The van der Waals surface area contributed by atoms with E-state index in [0.29, 0.717) is 13.1 Å². The zero-order valence-electron chi connectivity index (χ0n) is 8.38. The van der Waals surface area contributed by atoms with E-state index in [2.05, 4.69) is 10.6 Å². The average molecular weight is 210 g/mol. The second-order valence-corrected chi connectivity index (χ2v) is 3.76. The van der Waals surface area contributed by atoms with Crippen molar-refractivity contribution < 1.29 is 13.2 Å². The first-order valence-electron chi connectivity index (χ1n) is 5.04. The van der Waals surface area contributed by atoms with Crippen LogP contribution in [0.4, 0.5) is 13.2 Å². The van der Waals surface area contributed by atoms with Gasteiger partial charge < -0.3 is 10.6 Å². The van der Waals surface area contributed by atoms with E-state index in [1.165, 1.54) is 0 Å². The molecule has 0 aromatic heterocycles. The predicted molar refractivity (Wildman–Crippen MR) is 49.2 cm³/mol. The van der Waals surface area contributed by atoms with E-state index < -0.39 is 11.7 Å². The summed E-state index contributed by atoms with van der Waals surface area (Å²) in [6, 6.07) is 0. The molecule has 2 nitrogen and oxygen atoms in total. The quantitative estimate of drug-likeness (QED) is 0.652. The lowest BCUT2D eigenvalue weighted by molar-refractivity contribution is -0.165.